The van der Waals surface area contributed by atoms with E-state index < -0.39 is 10.1 Å². The molecule has 1 heterocycles. The van der Waals surface area contributed by atoms with Crippen LogP contribution >= 0.6 is 0 Å². The highest BCUT2D eigenvalue weighted by molar-refractivity contribution is 7.85. The van der Waals surface area contributed by atoms with Gasteiger partial charge in [0.25, 0.3) is 10.1 Å². The zero-order valence-corrected chi connectivity index (χ0v) is 14.8. The lowest BCUT2D eigenvalue weighted by Crippen LogP contribution is -2.33. The van der Waals surface area contributed by atoms with Crippen LogP contribution in [0.15, 0.2) is 23.1 Å². The molecular formula is C18H24O5S. The van der Waals surface area contributed by atoms with Crippen molar-refractivity contribution in [2.75, 3.05) is 0 Å². The molecule has 6 heteroatoms. The lowest BCUT2D eigenvalue weighted by Gasteiger charge is -2.36. The number of carbonyl (C=O) groups excluding carboxylic acids is 1. The molecule has 2 fully saturated rings. The maximum Gasteiger partial charge on any atom is 0.306 e. The Morgan fingerprint density at radius 3 is 2.62 bits per heavy atom. The second-order valence-electron chi connectivity index (χ2n) is 7.20. The molecule has 0 aromatic heterocycles. The summed E-state index contributed by atoms with van der Waals surface area (Å²) in [6, 6.07) is 4.90. The van der Waals surface area contributed by atoms with Crippen LogP contribution in [-0.2, 0) is 26.1 Å². The lowest BCUT2D eigenvalue weighted by atomic mass is 9.68. The Morgan fingerprint density at radius 2 is 1.96 bits per heavy atom. The minimum atomic E-state index is -4.25. The van der Waals surface area contributed by atoms with Crippen LogP contribution in [0.5, 0.6) is 0 Å². The third kappa shape index (κ3) is 3.49. The van der Waals surface area contributed by atoms with E-state index in [4.69, 9.17) is 4.74 Å². The highest BCUT2D eigenvalue weighted by atomic mass is 32.2. The fourth-order valence-electron chi connectivity index (χ4n) is 4.29. The molecule has 1 N–H and O–H groups in total. The first-order valence-electron chi connectivity index (χ1n) is 8.57. The summed E-state index contributed by atoms with van der Waals surface area (Å²) in [6.45, 7) is 1.88. The van der Waals surface area contributed by atoms with Gasteiger partial charge in [0, 0.05) is 5.41 Å². The molecule has 1 spiro atoms. The van der Waals surface area contributed by atoms with Gasteiger partial charge in [0.2, 0.25) is 0 Å². The molecule has 1 saturated heterocycles. The Kier molecular flexibility index (Phi) is 4.71. The Hall–Kier alpha value is -1.40. The summed E-state index contributed by atoms with van der Waals surface area (Å²) < 4.78 is 38.2. The van der Waals surface area contributed by atoms with Crippen molar-refractivity contribution in [3.63, 3.8) is 0 Å². The van der Waals surface area contributed by atoms with Gasteiger partial charge in [0.15, 0.2) is 0 Å². The smallest absolute Gasteiger partial charge is 0.306 e. The summed E-state index contributed by atoms with van der Waals surface area (Å²) >= 11 is 0. The standard InChI is InChI=1S/C18H24O5S/c1-13-5-7-15(24(20,21)22)14(11-13)6-8-16-18(12-17(19)23-16)9-3-2-4-10-18/h5,7,11,16H,2-4,6,8-10,12H2,1H3,(H,20,21,22). The molecule has 24 heavy (non-hydrogen) atoms. The van der Waals surface area contributed by atoms with E-state index in [-0.39, 0.29) is 22.4 Å². The molecule has 2 aliphatic rings. The van der Waals surface area contributed by atoms with Gasteiger partial charge < -0.3 is 4.74 Å². The largest absolute Gasteiger partial charge is 0.462 e. The van der Waals surface area contributed by atoms with Crippen molar-refractivity contribution >= 4 is 16.1 Å². The van der Waals surface area contributed by atoms with Gasteiger partial charge in [-0.05, 0) is 44.2 Å². The number of hydrogen-bond donors (Lipinski definition) is 1. The van der Waals surface area contributed by atoms with Crippen LogP contribution < -0.4 is 0 Å². The molecule has 3 rings (SSSR count). The summed E-state index contributed by atoms with van der Waals surface area (Å²) in [4.78, 5) is 11.8. The summed E-state index contributed by atoms with van der Waals surface area (Å²) in [5.41, 5.74) is 1.46. The quantitative estimate of drug-likeness (QED) is 0.663. The van der Waals surface area contributed by atoms with E-state index in [9.17, 15) is 17.8 Å². The number of rotatable bonds is 4. The topological polar surface area (TPSA) is 80.7 Å². The average Bonchev–Trinajstić information content (AvgIpc) is 2.80. The zero-order valence-electron chi connectivity index (χ0n) is 14.0. The minimum absolute atomic E-state index is 0.0462. The average molecular weight is 352 g/mol. The van der Waals surface area contributed by atoms with E-state index in [1.807, 2.05) is 6.92 Å². The summed E-state index contributed by atoms with van der Waals surface area (Å²) in [5.74, 6) is -0.138. The van der Waals surface area contributed by atoms with Crippen LogP contribution in [0.3, 0.4) is 0 Å². The molecular weight excluding hydrogens is 328 g/mol. The first-order valence-corrected chi connectivity index (χ1v) is 10.0. The number of hydrogen-bond acceptors (Lipinski definition) is 4. The van der Waals surface area contributed by atoms with Crippen molar-refractivity contribution in [1.29, 1.82) is 0 Å². The van der Waals surface area contributed by atoms with Gasteiger partial charge in [-0.1, -0.05) is 37.0 Å². The number of aryl methyl sites for hydroxylation is 2. The van der Waals surface area contributed by atoms with Crippen molar-refractivity contribution in [3.05, 3.63) is 29.3 Å². The number of esters is 1. The highest BCUT2D eigenvalue weighted by Gasteiger charge is 2.48. The van der Waals surface area contributed by atoms with Crippen LogP contribution in [-0.4, -0.2) is 25.0 Å². The van der Waals surface area contributed by atoms with E-state index in [0.717, 1.165) is 31.2 Å². The molecule has 1 aliphatic heterocycles. The maximum atomic E-state index is 11.9. The molecule has 1 aromatic carbocycles. The van der Waals surface area contributed by atoms with Crippen LogP contribution in [0.4, 0.5) is 0 Å². The number of carbonyl (C=O) groups is 1. The summed E-state index contributed by atoms with van der Waals surface area (Å²) in [7, 11) is -4.25. The van der Waals surface area contributed by atoms with Crippen molar-refractivity contribution in [3.8, 4) is 0 Å². The molecule has 1 atom stereocenters. The number of benzene rings is 1. The zero-order chi connectivity index (χ0) is 17.4. The second kappa shape index (κ2) is 6.48. The molecule has 1 saturated carbocycles. The molecule has 1 unspecified atom stereocenters. The van der Waals surface area contributed by atoms with E-state index in [0.29, 0.717) is 24.8 Å². The molecule has 0 amide bonds. The normalized spacial score (nSPS) is 23.4. The highest BCUT2D eigenvalue weighted by Crippen LogP contribution is 2.49. The fraction of sp³-hybridized carbons (Fsp3) is 0.611. The molecule has 0 bridgehead atoms. The van der Waals surface area contributed by atoms with Crippen LogP contribution in [0.2, 0.25) is 0 Å². The van der Waals surface area contributed by atoms with Crippen LogP contribution in [0, 0.1) is 12.3 Å². The van der Waals surface area contributed by atoms with Crippen molar-refractivity contribution in [2.45, 2.75) is 69.3 Å². The lowest BCUT2D eigenvalue weighted by molar-refractivity contribution is -0.142. The van der Waals surface area contributed by atoms with Gasteiger partial charge in [-0.2, -0.15) is 8.42 Å². The van der Waals surface area contributed by atoms with Crippen LogP contribution in [0.25, 0.3) is 0 Å². The predicted octanol–water partition coefficient (Wildman–Crippen LogP) is 3.44. The molecule has 1 aromatic rings. The van der Waals surface area contributed by atoms with Gasteiger partial charge in [0.05, 0.1) is 11.3 Å². The summed E-state index contributed by atoms with van der Waals surface area (Å²) in [6.07, 6.45) is 6.84. The second-order valence-corrected chi connectivity index (χ2v) is 8.59. The van der Waals surface area contributed by atoms with E-state index in [1.54, 1.807) is 12.1 Å². The maximum absolute atomic E-state index is 11.9. The predicted molar refractivity (Wildman–Crippen MR) is 89.3 cm³/mol. The third-order valence-electron chi connectivity index (χ3n) is 5.47. The van der Waals surface area contributed by atoms with Gasteiger partial charge in [-0.25, -0.2) is 0 Å². The van der Waals surface area contributed by atoms with Gasteiger partial charge in [-0.15, -0.1) is 0 Å². The van der Waals surface area contributed by atoms with E-state index >= 15 is 0 Å². The minimum Gasteiger partial charge on any atom is -0.462 e. The van der Waals surface area contributed by atoms with Crippen LogP contribution in [0.1, 0.15) is 56.1 Å². The third-order valence-corrected chi connectivity index (χ3v) is 6.43. The monoisotopic (exact) mass is 352 g/mol. The first kappa shape index (κ1) is 17.4. The van der Waals surface area contributed by atoms with Gasteiger partial charge in [0.1, 0.15) is 6.10 Å². The first-order chi connectivity index (χ1) is 11.3. The molecule has 1 aliphatic carbocycles. The Morgan fingerprint density at radius 1 is 1.25 bits per heavy atom. The fourth-order valence-corrected chi connectivity index (χ4v) is 5.02. The SMILES string of the molecule is Cc1ccc(S(=O)(=O)O)c(CCC2OC(=O)CC23CCCCC3)c1. The number of cyclic esters (lactones) is 1. The Balaban J connectivity index is 1.80. The Labute approximate surface area is 143 Å². The van der Waals surface area contributed by atoms with Crippen molar-refractivity contribution in [2.24, 2.45) is 5.41 Å². The Bertz CT molecular complexity index is 732. The molecule has 0 radical (unpaired) electrons. The van der Waals surface area contributed by atoms with Gasteiger partial charge >= 0.3 is 5.97 Å². The number of ether oxygens (including phenoxy) is 1. The summed E-state index contributed by atoms with van der Waals surface area (Å²) in [5, 5.41) is 0. The van der Waals surface area contributed by atoms with Crippen molar-refractivity contribution < 1.29 is 22.5 Å². The molecule has 5 nitrogen and oxygen atoms in total. The van der Waals surface area contributed by atoms with E-state index in [2.05, 4.69) is 0 Å². The van der Waals surface area contributed by atoms with Crippen molar-refractivity contribution in [1.82, 2.24) is 0 Å². The van der Waals surface area contributed by atoms with Gasteiger partial charge in [-0.3, -0.25) is 9.35 Å². The van der Waals surface area contributed by atoms with E-state index in [1.165, 1.54) is 12.5 Å². The molecule has 132 valence electrons.